The maximum Gasteiger partial charge on any atom is 0.267 e. The van der Waals surface area contributed by atoms with Gasteiger partial charge in [0.05, 0.1) is 16.7 Å². The molecule has 1 aliphatic carbocycles. The van der Waals surface area contributed by atoms with Crippen LogP contribution < -0.4 is 10.9 Å². The van der Waals surface area contributed by atoms with Crippen molar-refractivity contribution >= 4 is 28.6 Å². The Morgan fingerprint density at radius 2 is 1.87 bits per heavy atom. The first-order valence-corrected chi connectivity index (χ1v) is 12.0. The van der Waals surface area contributed by atoms with E-state index in [-0.39, 0.29) is 23.3 Å². The minimum absolute atomic E-state index is 0.0123. The molecule has 2 aromatic heterocycles. The number of hydrogen-bond donors (Lipinski definition) is 1. The fourth-order valence-corrected chi connectivity index (χ4v) is 4.87. The minimum Gasteiger partial charge on any atom is -0.353 e. The highest BCUT2D eigenvalue weighted by Gasteiger charge is 2.18. The van der Waals surface area contributed by atoms with Gasteiger partial charge in [-0.2, -0.15) is 0 Å². The van der Waals surface area contributed by atoms with Gasteiger partial charge in [0.15, 0.2) is 5.16 Å². The Morgan fingerprint density at radius 1 is 1.13 bits per heavy atom. The highest BCUT2D eigenvalue weighted by Crippen LogP contribution is 2.22. The monoisotopic (exact) mass is 436 g/mol. The van der Waals surface area contributed by atoms with Gasteiger partial charge in [-0.3, -0.25) is 9.59 Å². The first kappa shape index (κ1) is 21.6. The summed E-state index contributed by atoms with van der Waals surface area (Å²) in [5.74, 6) is 0.723. The van der Waals surface area contributed by atoms with E-state index in [1.807, 2.05) is 37.3 Å². The summed E-state index contributed by atoms with van der Waals surface area (Å²) < 4.78 is 1.52. The summed E-state index contributed by atoms with van der Waals surface area (Å²) >= 11 is 1.28. The van der Waals surface area contributed by atoms with Crippen LogP contribution in [-0.4, -0.2) is 32.2 Å². The van der Waals surface area contributed by atoms with Gasteiger partial charge in [0.25, 0.3) is 5.56 Å². The summed E-state index contributed by atoms with van der Waals surface area (Å²) in [5.41, 5.74) is 1.45. The van der Waals surface area contributed by atoms with Crippen LogP contribution >= 0.6 is 11.8 Å². The number of aryl methyl sites for hydroxylation is 1. The molecule has 0 spiro atoms. The Hall–Kier alpha value is -2.67. The number of fused-ring (bicyclic) bond motifs is 1. The van der Waals surface area contributed by atoms with E-state index in [1.54, 1.807) is 12.3 Å². The summed E-state index contributed by atoms with van der Waals surface area (Å²) in [6.45, 7) is 1.96. The van der Waals surface area contributed by atoms with Gasteiger partial charge < -0.3 is 5.32 Å². The maximum absolute atomic E-state index is 13.3. The number of rotatable bonds is 5. The molecule has 7 heteroatoms. The summed E-state index contributed by atoms with van der Waals surface area (Å²) in [4.78, 5) is 35.0. The van der Waals surface area contributed by atoms with E-state index in [0.717, 1.165) is 18.4 Å². The molecule has 1 aliphatic rings. The topological polar surface area (TPSA) is 76.9 Å². The Bertz CT molecular complexity index is 1120. The molecule has 3 aromatic rings. The molecule has 2 heterocycles. The van der Waals surface area contributed by atoms with Gasteiger partial charge in [0.1, 0.15) is 5.82 Å². The third kappa shape index (κ3) is 5.34. The molecule has 1 fully saturated rings. The fourth-order valence-electron chi connectivity index (χ4n) is 4.05. The van der Waals surface area contributed by atoms with Crippen molar-refractivity contribution in [3.05, 3.63) is 58.5 Å². The molecule has 0 unspecified atom stereocenters. The van der Waals surface area contributed by atoms with Crippen LogP contribution in [0.2, 0.25) is 0 Å². The number of pyridine rings is 1. The van der Waals surface area contributed by atoms with Crippen LogP contribution in [0.15, 0.2) is 52.5 Å². The van der Waals surface area contributed by atoms with Crippen molar-refractivity contribution < 1.29 is 4.79 Å². The number of thioether (sulfide) groups is 1. The lowest BCUT2D eigenvalue weighted by Gasteiger charge is -2.21. The molecule has 1 aromatic carbocycles. The van der Waals surface area contributed by atoms with Crippen molar-refractivity contribution in [2.24, 2.45) is 0 Å². The standard InChI is InChI=1S/C24H28N4O2S/c1-17-13-14-25-21(15-17)28-23(30)19-11-7-8-12-20(19)27-24(28)31-16-22(29)26-18-9-5-3-2-4-6-10-18/h7-8,11-15,18H,2-6,9-10,16H2,1H3,(H,26,29). The molecule has 6 nitrogen and oxygen atoms in total. The number of hydrogen-bond acceptors (Lipinski definition) is 5. The summed E-state index contributed by atoms with van der Waals surface area (Å²) in [7, 11) is 0. The molecular formula is C24H28N4O2S. The number of aromatic nitrogens is 3. The van der Waals surface area contributed by atoms with Crippen molar-refractivity contribution in [2.45, 2.75) is 63.1 Å². The van der Waals surface area contributed by atoms with Crippen molar-refractivity contribution in [1.82, 2.24) is 19.9 Å². The molecule has 0 aliphatic heterocycles. The quantitative estimate of drug-likeness (QED) is 0.474. The number of para-hydroxylation sites is 1. The smallest absolute Gasteiger partial charge is 0.267 e. The molecule has 4 rings (SSSR count). The average Bonchev–Trinajstić information content (AvgIpc) is 2.74. The zero-order valence-electron chi connectivity index (χ0n) is 17.8. The Labute approximate surface area is 186 Å². The number of carbonyl (C=O) groups excluding carboxylic acids is 1. The fraction of sp³-hybridized carbons (Fsp3) is 0.417. The molecule has 1 saturated carbocycles. The number of nitrogens with zero attached hydrogens (tertiary/aromatic N) is 3. The lowest BCUT2D eigenvalue weighted by atomic mass is 9.97. The van der Waals surface area contributed by atoms with E-state index in [0.29, 0.717) is 21.9 Å². The van der Waals surface area contributed by atoms with Crippen LogP contribution in [0.4, 0.5) is 0 Å². The number of carbonyl (C=O) groups is 1. The third-order valence-corrected chi connectivity index (χ3v) is 6.62. The van der Waals surface area contributed by atoms with Crippen molar-refractivity contribution in [3.63, 3.8) is 0 Å². The number of benzene rings is 1. The zero-order chi connectivity index (χ0) is 21.6. The van der Waals surface area contributed by atoms with E-state index < -0.39 is 0 Å². The van der Waals surface area contributed by atoms with Gasteiger partial charge in [-0.05, 0) is 49.6 Å². The van der Waals surface area contributed by atoms with Crippen LogP contribution in [0.25, 0.3) is 16.7 Å². The highest BCUT2D eigenvalue weighted by atomic mass is 32.2. The molecule has 162 valence electrons. The van der Waals surface area contributed by atoms with Crippen molar-refractivity contribution in [1.29, 1.82) is 0 Å². The van der Waals surface area contributed by atoms with E-state index in [4.69, 9.17) is 4.98 Å². The first-order valence-electron chi connectivity index (χ1n) is 11.0. The minimum atomic E-state index is -0.174. The van der Waals surface area contributed by atoms with Gasteiger partial charge in [-0.1, -0.05) is 56.0 Å². The van der Waals surface area contributed by atoms with Crippen LogP contribution in [0, 0.1) is 6.92 Å². The van der Waals surface area contributed by atoms with Crippen LogP contribution in [0.1, 0.15) is 50.5 Å². The van der Waals surface area contributed by atoms with E-state index in [2.05, 4.69) is 10.3 Å². The first-order chi connectivity index (χ1) is 15.1. The largest absolute Gasteiger partial charge is 0.353 e. The van der Waals surface area contributed by atoms with Crippen molar-refractivity contribution in [3.8, 4) is 5.82 Å². The summed E-state index contributed by atoms with van der Waals surface area (Å²) in [6, 6.07) is 11.3. The molecule has 0 atom stereocenters. The highest BCUT2D eigenvalue weighted by molar-refractivity contribution is 7.99. The third-order valence-electron chi connectivity index (χ3n) is 5.68. The van der Waals surface area contributed by atoms with E-state index >= 15 is 0 Å². The molecule has 0 bridgehead atoms. The van der Waals surface area contributed by atoms with Crippen LogP contribution in [-0.2, 0) is 4.79 Å². The Balaban J connectivity index is 1.58. The van der Waals surface area contributed by atoms with Gasteiger partial charge in [-0.25, -0.2) is 14.5 Å². The van der Waals surface area contributed by atoms with E-state index in [9.17, 15) is 9.59 Å². The number of nitrogens with one attached hydrogen (secondary N) is 1. The molecular weight excluding hydrogens is 408 g/mol. The zero-order valence-corrected chi connectivity index (χ0v) is 18.7. The van der Waals surface area contributed by atoms with E-state index in [1.165, 1.54) is 48.4 Å². The predicted octanol–water partition coefficient (Wildman–Crippen LogP) is 4.41. The molecule has 31 heavy (non-hydrogen) atoms. The second kappa shape index (κ2) is 10.1. The molecule has 0 radical (unpaired) electrons. The second-order valence-electron chi connectivity index (χ2n) is 8.14. The van der Waals surface area contributed by atoms with Gasteiger partial charge in [-0.15, -0.1) is 0 Å². The average molecular weight is 437 g/mol. The Morgan fingerprint density at radius 3 is 2.65 bits per heavy atom. The summed E-state index contributed by atoms with van der Waals surface area (Å²) in [5, 5.41) is 4.20. The molecule has 1 N–H and O–H groups in total. The predicted molar refractivity (Wildman–Crippen MR) is 125 cm³/mol. The molecule has 0 saturated heterocycles. The molecule has 1 amide bonds. The van der Waals surface area contributed by atoms with Gasteiger partial charge in [0, 0.05) is 12.2 Å². The van der Waals surface area contributed by atoms with Gasteiger partial charge in [0.2, 0.25) is 5.91 Å². The van der Waals surface area contributed by atoms with Gasteiger partial charge >= 0.3 is 0 Å². The van der Waals surface area contributed by atoms with Crippen LogP contribution in [0.3, 0.4) is 0 Å². The number of amides is 1. The maximum atomic E-state index is 13.3. The summed E-state index contributed by atoms with van der Waals surface area (Å²) in [6.07, 6.45) is 9.91. The SMILES string of the molecule is Cc1ccnc(-n2c(SCC(=O)NC3CCCCCCC3)nc3ccccc3c2=O)c1. The van der Waals surface area contributed by atoms with Crippen LogP contribution in [0.5, 0.6) is 0 Å². The lowest BCUT2D eigenvalue weighted by molar-refractivity contribution is -0.119. The normalized spacial score (nSPS) is 15.4. The second-order valence-corrected chi connectivity index (χ2v) is 9.08. The lowest BCUT2D eigenvalue weighted by Crippen LogP contribution is -2.36. The Kier molecular flexibility index (Phi) is 7.02. The van der Waals surface area contributed by atoms with Crippen molar-refractivity contribution in [2.75, 3.05) is 5.75 Å².